The molecule has 5 nitrogen and oxygen atoms in total. The fraction of sp³-hybridized carbons (Fsp3) is 0.500. The van der Waals surface area contributed by atoms with E-state index in [-0.39, 0.29) is 11.7 Å². The summed E-state index contributed by atoms with van der Waals surface area (Å²) < 4.78 is 5.52. The predicted octanol–water partition coefficient (Wildman–Crippen LogP) is 1.90. The Bertz CT molecular complexity index is 475. The second kappa shape index (κ2) is 7.78. The van der Waals surface area contributed by atoms with Gasteiger partial charge in [-0.05, 0) is 51.5 Å². The van der Waals surface area contributed by atoms with Gasteiger partial charge in [-0.3, -0.25) is 9.59 Å². The van der Waals surface area contributed by atoms with E-state index in [0.717, 1.165) is 0 Å². The second-order valence-corrected chi connectivity index (χ2v) is 5.80. The quantitative estimate of drug-likeness (QED) is 0.566. The number of carbonyl (C=O) groups excluding carboxylic acids is 2. The van der Waals surface area contributed by atoms with Crippen LogP contribution in [0.15, 0.2) is 24.3 Å². The van der Waals surface area contributed by atoms with Crippen molar-refractivity contribution in [2.75, 3.05) is 13.2 Å². The van der Waals surface area contributed by atoms with Gasteiger partial charge in [0.1, 0.15) is 5.75 Å². The third-order valence-corrected chi connectivity index (χ3v) is 2.82. The molecular formula is C16H24N2O3. The minimum atomic E-state index is -0.398. The Labute approximate surface area is 125 Å². The topological polar surface area (TPSA) is 81.4 Å². The average Bonchev–Trinajstić information content (AvgIpc) is 2.41. The Morgan fingerprint density at radius 2 is 1.86 bits per heavy atom. The number of benzene rings is 1. The van der Waals surface area contributed by atoms with Gasteiger partial charge in [0.05, 0.1) is 6.61 Å². The van der Waals surface area contributed by atoms with Crippen molar-refractivity contribution >= 4 is 11.7 Å². The van der Waals surface area contributed by atoms with E-state index >= 15 is 0 Å². The van der Waals surface area contributed by atoms with Gasteiger partial charge in [0.2, 0.25) is 5.91 Å². The predicted molar refractivity (Wildman–Crippen MR) is 82.5 cm³/mol. The molecule has 5 heteroatoms. The number of hydrogen-bond donors (Lipinski definition) is 2. The highest BCUT2D eigenvalue weighted by atomic mass is 16.5. The van der Waals surface area contributed by atoms with E-state index in [2.05, 4.69) is 5.32 Å². The third kappa shape index (κ3) is 7.46. The highest BCUT2D eigenvalue weighted by molar-refractivity contribution is 5.94. The maximum absolute atomic E-state index is 11.6. The molecule has 0 saturated carbocycles. The molecule has 0 aliphatic carbocycles. The monoisotopic (exact) mass is 292 g/mol. The molecule has 0 radical (unpaired) electrons. The molecule has 0 unspecified atom stereocenters. The van der Waals surface area contributed by atoms with Gasteiger partial charge in [-0.15, -0.1) is 0 Å². The van der Waals surface area contributed by atoms with Crippen molar-refractivity contribution in [2.24, 2.45) is 5.73 Å². The largest absolute Gasteiger partial charge is 0.494 e. The summed E-state index contributed by atoms with van der Waals surface area (Å²) in [6.07, 6.45) is 1.03. The number of Topliss-reactive ketones (excluding diaryl/α,β-unsaturated/α-hetero) is 1. The van der Waals surface area contributed by atoms with Crippen molar-refractivity contribution in [3.8, 4) is 5.75 Å². The van der Waals surface area contributed by atoms with Crippen molar-refractivity contribution in [2.45, 2.75) is 39.2 Å². The number of ether oxygens (including phenoxy) is 1. The van der Waals surface area contributed by atoms with Gasteiger partial charge in [0, 0.05) is 24.1 Å². The van der Waals surface area contributed by atoms with E-state index in [0.29, 0.717) is 37.3 Å². The van der Waals surface area contributed by atoms with Crippen LogP contribution in [-0.2, 0) is 4.79 Å². The molecule has 0 spiro atoms. The lowest BCUT2D eigenvalue weighted by Gasteiger charge is -2.18. The molecule has 116 valence electrons. The number of carbonyl (C=O) groups is 2. The van der Waals surface area contributed by atoms with Crippen LogP contribution in [0.25, 0.3) is 0 Å². The number of rotatable bonds is 8. The molecule has 0 bridgehead atoms. The summed E-state index contributed by atoms with van der Waals surface area (Å²) in [5, 5.41) is 2.78. The molecule has 0 heterocycles. The summed E-state index contributed by atoms with van der Waals surface area (Å²) in [5.74, 6) is 0.702. The Balaban J connectivity index is 2.22. The number of amides is 1. The number of nitrogens with two attached hydrogens (primary N) is 1. The van der Waals surface area contributed by atoms with Crippen LogP contribution in [0.5, 0.6) is 5.75 Å². The first-order valence-corrected chi connectivity index (χ1v) is 7.07. The fourth-order valence-electron chi connectivity index (χ4n) is 1.62. The van der Waals surface area contributed by atoms with Gasteiger partial charge in [-0.2, -0.15) is 0 Å². The number of ketones is 1. The van der Waals surface area contributed by atoms with Gasteiger partial charge in [-0.25, -0.2) is 0 Å². The van der Waals surface area contributed by atoms with Crippen molar-refractivity contribution in [3.05, 3.63) is 29.8 Å². The van der Waals surface area contributed by atoms with Gasteiger partial charge >= 0.3 is 0 Å². The molecule has 1 rings (SSSR count). The van der Waals surface area contributed by atoms with E-state index in [4.69, 9.17) is 10.5 Å². The van der Waals surface area contributed by atoms with Crippen LogP contribution in [0.3, 0.4) is 0 Å². The second-order valence-electron chi connectivity index (χ2n) is 5.80. The molecule has 0 aliphatic heterocycles. The SMILES string of the molecule is CC(=O)c1ccc(OCCCC(=O)NCC(C)(C)N)cc1. The van der Waals surface area contributed by atoms with Crippen molar-refractivity contribution in [1.29, 1.82) is 0 Å². The first-order chi connectivity index (χ1) is 9.78. The molecule has 0 aliphatic rings. The van der Waals surface area contributed by atoms with Crippen LogP contribution in [0.1, 0.15) is 44.0 Å². The Morgan fingerprint density at radius 1 is 1.24 bits per heavy atom. The normalized spacial score (nSPS) is 11.0. The highest BCUT2D eigenvalue weighted by Crippen LogP contribution is 2.13. The van der Waals surface area contributed by atoms with Crippen molar-refractivity contribution in [1.82, 2.24) is 5.32 Å². The Morgan fingerprint density at radius 3 is 2.38 bits per heavy atom. The summed E-state index contributed by atoms with van der Waals surface area (Å²) in [7, 11) is 0. The lowest BCUT2D eigenvalue weighted by atomic mass is 10.1. The summed E-state index contributed by atoms with van der Waals surface area (Å²) in [6, 6.07) is 6.98. The summed E-state index contributed by atoms with van der Waals surface area (Å²) in [5.41, 5.74) is 6.04. The first-order valence-electron chi connectivity index (χ1n) is 7.07. The van der Waals surface area contributed by atoms with E-state index in [9.17, 15) is 9.59 Å². The zero-order valence-corrected chi connectivity index (χ0v) is 12.9. The maximum Gasteiger partial charge on any atom is 0.220 e. The van der Waals surface area contributed by atoms with Crippen molar-refractivity contribution < 1.29 is 14.3 Å². The van der Waals surface area contributed by atoms with Gasteiger partial charge in [0.25, 0.3) is 0 Å². The fourth-order valence-corrected chi connectivity index (χ4v) is 1.62. The van der Waals surface area contributed by atoms with Gasteiger partial charge in [-0.1, -0.05) is 0 Å². The lowest BCUT2D eigenvalue weighted by molar-refractivity contribution is -0.121. The molecule has 3 N–H and O–H groups in total. The van der Waals surface area contributed by atoms with Gasteiger partial charge < -0.3 is 15.8 Å². The summed E-state index contributed by atoms with van der Waals surface area (Å²) in [4.78, 5) is 22.7. The van der Waals surface area contributed by atoms with E-state index < -0.39 is 5.54 Å². The van der Waals surface area contributed by atoms with E-state index in [1.54, 1.807) is 24.3 Å². The number of nitrogens with one attached hydrogen (secondary N) is 1. The minimum Gasteiger partial charge on any atom is -0.494 e. The van der Waals surface area contributed by atoms with Crippen LogP contribution in [0, 0.1) is 0 Å². The third-order valence-electron chi connectivity index (χ3n) is 2.82. The van der Waals surface area contributed by atoms with Crippen LogP contribution >= 0.6 is 0 Å². The molecule has 0 fully saturated rings. The highest BCUT2D eigenvalue weighted by Gasteiger charge is 2.11. The van der Waals surface area contributed by atoms with Crippen molar-refractivity contribution in [3.63, 3.8) is 0 Å². The molecule has 1 aromatic rings. The van der Waals surface area contributed by atoms with E-state index in [1.165, 1.54) is 6.92 Å². The molecule has 0 aromatic heterocycles. The zero-order chi connectivity index (χ0) is 15.9. The van der Waals surface area contributed by atoms with Gasteiger partial charge in [0.15, 0.2) is 5.78 Å². The van der Waals surface area contributed by atoms with Crippen LogP contribution in [0.2, 0.25) is 0 Å². The first kappa shape index (κ1) is 17.2. The zero-order valence-electron chi connectivity index (χ0n) is 12.9. The summed E-state index contributed by atoms with van der Waals surface area (Å²) in [6.45, 7) is 6.16. The average molecular weight is 292 g/mol. The standard InChI is InChI=1S/C16H24N2O3/c1-12(19)13-6-8-14(9-7-13)21-10-4-5-15(20)18-11-16(2,3)17/h6-9H,4-5,10-11,17H2,1-3H3,(H,18,20). The maximum atomic E-state index is 11.6. The summed E-state index contributed by atoms with van der Waals surface area (Å²) >= 11 is 0. The minimum absolute atomic E-state index is 0.0240. The smallest absolute Gasteiger partial charge is 0.220 e. The number of hydrogen-bond acceptors (Lipinski definition) is 4. The molecule has 1 amide bonds. The molecular weight excluding hydrogens is 268 g/mol. The Kier molecular flexibility index (Phi) is 6.37. The van der Waals surface area contributed by atoms with Crippen LogP contribution < -0.4 is 15.8 Å². The Hall–Kier alpha value is -1.88. The van der Waals surface area contributed by atoms with Crippen LogP contribution in [-0.4, -0.2) is 30.4 Å². The lowest BCUT2D eigenvalue weighted by Crippen LogP contribution is -2.45. The molecule has 0 saturated heterocycles. The molecule has 1 aromatic carbocycles. The molecule has 0 atom stereocenters. The van der Waals surface area contributed by atoms with Crippen LogP contribution in [0.4, 0.5) is 0 Å². The molecule has 21 heavy (non-hydrogen) atoms. The van der Waals surface area contributed by atoms with E-state index in [1.807, 2.05) is 13.8 Å².